The minimum absolute atomic E-state index is 0. The Hall–Kier alpha value is -0.320. The van der Waals surface area contributed by atoms with E-state index < -0.39 is 0 Å². The van der Waals surface area contributed by atoms with Crippen LogP contribution in [0.3, 0.4) is 0 Å². The summed E-state index contributed by atoms with van der Waals surface area (Å²) in [6, 6.07) is 5.17. The fourth-order valence-electron chi connectivity index (χ4n) is 2.21. The maximum absolute atomic E-state index is 5.67. The van der Waals surface area contributed by atoms with Crippen LogP contribution in [-0.2, 0) is 0 Å². The number of hydrogen-bond donors (Lipinski definition) is 1. The lowest BCUT2D eigenvalue weighted by atomic mass is 10.2. The fraction of sp³-hybridized carbons (Fsp3) is 0.545. The second kappa shape index (κ2) is 4.90. The van der Waals surface area contributed by atoms with Crippen molar-refractivity contribution >= 4 is 28.3 Å². The van der Waals surface area contributed by atoms with Crippen LogP contribution in [0.4, 0.5) is 0 Å². The average molecular weight is 306 g/mol. The number of ether oxygens (including phenoxy) is 1. The molecule has 0 bridgehead atoms. The number of aromatic nitrogens is 1. The van der Waals surface area contributed by atoms with Crippen molar-refractivity contribution in [1.82, 2.24) is 10.3 Å². The van der Waals surface area contributed by atoms with Crippen LogP contribution in [0, 0.1) is 5.92 Å². The fourth-order valence-corrected chi connectivity index (χ4v) is 2.44. The van der Waals surface area contributed by atoms with E-state index in [0.717, 1.165) is 28.9 Å². The molecule has 3 atom stereocenters. The molecule has 88 valence electrons. The van der Waals surface area contributed by atoms with E-state index in [1.54, 1.807) is 6.20 Å². The number of halogens is 2. The monoisotopic (exact) mass is 304 g/mol. The van der Waals surface area contributed by atoms with Crippen molar-refractivity contribution in [2.45, 2.75) is 24.9 Å². The summed E-state index contributed by atoms with van der Waals surface area (Å²) < 4.78 is 6.51. The standard InChI is InChI=1S/C11H13BrN2O.ClH/c12-11-2-1-9(5-13-11)15-6-8-3-7-4-10(7)14-8;/h1-2,5,7-8,10,14H,3-4,6H2;1H/t7-,8-,10+;/m0./s1. The molecule has 3 nitrogen and oxygen atoms in total. The predicted molar refractivity (Wildman–Crippen MR) is 68.1 cm³/mol. The van der Waals surface area contributed by atoms with Crippen LogP contribution in [-0.4, -0.2) is 23.7 Å². The third-order valence-corrected chi connectivity index (χ3v) is 3.58. The van der Waals surface area contributed by atoms with E-state index in [1.165, 1.54) is 12.8 Å². The molecular weight excluding hydrogens is 291 g/mol. The number of nitrogens with one attached hydrogen (secondary N) is 1. The van der Waals surface area contributed by atoms with Gasteiger partial charge in [-0.1, -0.05) is 0 Å². The summed E-state index contributed by atoms with van der Waals surface area (Å²) in [5, 5.41) is 3.55. The van der Waals surface area contributed by atoms with Crippen LogP contribution < -0.4 is 10.1 Å². The zero-order valence-electron chi connectivity index (χ0n) is 8.73. The largest absolute Gasteiger partial charge is 0.490 e. The third-order valence-electron chi connectivity index (χ3n) is 3.11. The molecule has 2 heterocycles. The van der Waals surface area contributed by atoms with Crippen LogP contribution >= 0.6 is 28.3 Å². The predicted octanol–water partition coefficient (Wildman–Crippen LogP) is 2.40. The first kappa shape index (κ1) is 12.1. The highest BCUT2D eigenvalue weighted by molar-refractivity contribution is 9.10. The van der Waals surface area contributed by atoms with Gasteiger partial charge in [0, 0.05) is 12.1 Å². The summed E-state index contributed by atoms with van der Waals surface area (Å²) in [6.07, 6.45) is 4.39. The smallest absolute Gasteiger partial charge is 0.137 e. The highest BCUT2D eigenvalue weighted by Gasteiger charge is 2.45. The second-order valence-corrected chi connectivity index (χ2v) is 5.14. The SMILES string of the molecule is Brc1ccc(OC[C@@H]2C[C@H]3C[C@H]3N2)cn1.Cl. The molecular formula is C11H14BrClN2O. The molecule has 5 heteroatoms. The Morgan fingerprint density at radius 1 is 1.44 bits per heavy atom. The van der Waals surface area contributed by atoms with Crippen LogP contribution in [0.15, 0.2) is 22.9 Å². The van der Waals surface area contributed by atoms with Crippen molar-refractivity contribution in [3.63, 3.8) is 0 Å². The van der Waals surface area contributed by atoms with Crippen LogP contribution in [0.2, 0.25) is 0 Å². The number of fused-ring (bicyclic) bond motifs is 1. The van der Waals surface area contributed by atoms with Crippen LogP contribution in [0.1, 0.15) is 12.8 Å². The molecule has 0 radical (unpaired) electrons. The Bertz CT molecular complexity index is 350. The lowest BCUT2D eigenvalue weighted by Crippen LogP contribution is -2.31. The lowest BCUT2D eigenvalue weighted by Gasteiger charge is -2.13. The maximum atomic E-state index is 5.67. The number of pyridine rings is 1. The molecule has 3 rings (SSSR count). The maximum Gasteiger partial charge on any atom is 0.137 e. The van der Waals surface area contributed by atoms with Gasteiger partial charge in [-0.2, -0.15) is 0 Å². The van der Waals surface area contributed by atoms with Gasteiger partial charge in [0.15, 0.2) is 0 Å². The second-order valence-electron chi connectivity index (χ2n) is 4.33. The zero-order valence-corrected chi connectivity index (χ0v) is 11.1. The summed E-state index contributed by atoms with van der Waals surface area (Å²) in [4.78, 5) is 4.12. The van der Waals surface area contributed by atoms with Crippen molar-refractivity contribution in [3.8, 4) is 5.75 Å². The van der Waals surface area contributed by atoms with Gasteiger partial charge < -0.3 is 10.1 Å². The Morgan fingerprint density at radius 3 is 2.94 bits per heavy atom. The number of rotatable bonds is 3. The van der Waals surface area contributed by atoms with E-state index in [1.807, 2.05) is 12.1 Å². The first-order valence-electron chi connectivity index (χ1n) is 5.31. The van der Waals surface area contributed by atoms with Crippen molar-refractivity contribution in [3.05, 3.63) is 22.9 Å². The normalized spacial score (nSPS) is 30.4. The molecule has 1 saturated heterocycles. The van der Waals surface area contributed by atoms with E-state index in [9.17, 15) is 0 Å². The highest BCUT2D eigenvalue weighted by atomic mass is 79.9. The van der Waals surface area contributed by atoms with Gasteiger partial charge in [0.1, 0.15) is 17.0 Å². The number of nitrogens with zero attached hydrogens (tertiary/aromatic N) is 1. The molecule has 1 aliphatic heterocycles. The minimum Gasteiger partial charge on any atom is -0.490 e. The first-order valence-corrected chi connectivity index (χ1v) is 6.11. The number of piperidine rings is 1. The third kappa shape index (κ3) is 2.67. The van der Waals surface area contributed by atoms with Crippen molar-refractivity contribution < 1.29 is 4.74 Å². The van der Waals surface area contributed by atoms with Gasteiger partial charge in [-0.05, 0) is 46.8 Å². The molecule has 0 spiro atoms. The first-order chi connectivity index (χ1) is 7.31. The van der Waals surface area contributed by atoms with Gasteiger partial charge in [0.2, 0.25) is 0 Å². The molecule has 0 unspecified atom stereocenters. The summed E-state index contributed by atoms with van der Waals surface area (Å²) in [5.74, 6) is 1.78. The Morgan fingerprint density at radius 2 is 2.31 bits per heavy atom. The van der Waals surface area contributed by atoms with Crippen molar-refractivity contribution in [1.29, 1.82) is 0 Å². The quantitative estimate of drug-likeness (QED) is 0.871. The zero-order chi connectivity index (χ0) is 10.3. The molecule has 1 aliphatic carbocycles. The van der Waals surface area contributed by atoms with Crippen molar-refractivity contribution in [2.75, 3.05) is 6.61 Å². The molecule has 1 saturated carbocycles. The van der Waals surface area contributed by atoms with Crippen LogP contribution in [0.5, 0.6) is 5.75 Å². The summed E-state index contributed by atoms with van der Waals surface area (Å²) in [6.45, 7) is 0.760. The molecule has 2 aliphatic rings. The summed E-state index contributed by atoms with van der Waals surface area (Å²) in [7, 11) is 0. The van der Waals surface area contributed by atoms with Gasteiger partial charge in [0.05, 0.1) is 6.20 Å². The molecule has 2 fully saturated rings. The topological polar surface area (TPSA) is 34.1 Å². The highest BCUT2D eigenvalue weighted by Crippen LogP contribution is 2.40. The minimum atomic E-state index is 0. The van der Waals surface area contributed by atoms with E-state index in [2.05, 4.69) is 26.2 Å². The Balaban J connectivity index is 0.000000963. The van der Waals surface area contributed by atoms with Gasteiger partial charge in [-0.3, -0.25) is 0 Å². The summed E-state index contributed by atoms with van der Waals surface area (Å²) >= 11 is 3.30. The van der Waals surface area contributed by atoms with Gasteiger partial charge >= 0.3 is 0 Å². The number of hydrogen-bond acceptors (Lipinski definition) is 3. The molecule has 1 N–H and O–H groups in total. The lowest BCUT2D eigenvalue weighted by molar-refractivity contribution is 0.267. The summed E-state index contributed by atoms with van der Waals surface area (Å²) in [5.41, 5.74) is 0. The van der Waals surface area contributed by atoms with Gasteiger partial charge in [0.25, 0.3) is 0 Å². The molecule has 0 amide bonds. The van der Waals surface area contributed by atoms with E-state index in [-0.39, 0.29) is 12.4 Å². The van der Waals surface area contributed by atoms with E-state index >= 15 is 0 Å². The molecule has 16 heavy (non-hydrogen) atoms. The molecule has 1 aromatic rings. The van der Waals surface area contributed by atoms with E-state index in [4.69, 9.17) is 4.74 Å². The van der Waals surface area contributed by atoms with E-state index in [0.29, 0.717) is 6.04 Å². The van der Waals surface area contributed by atoms with Crippen molar-refractivity contribution in [2.24, 2.45) is 5.92 Å². The molecule has 1 aromatic heterocycles. The Kier molecular flexibility index (Phi) is 3.72. The van der Waals surface area contributed by atoms with Gasteiger partial charge in [-0.25, -0.2) is 4.98 Å². The Labute approximate surface area is 110 Å². The van der Waals surface area contributed by atoms with Crippen LogP contribution in [0.25, 0.3) is 0 Å². The van der Waals surface area contributed by atoms with Gasteiger partial charge in [-0.15, -0.1) is 12.4 Å². The molecule has 0 aromatic carbocycles. The average Bonchev–Trinajstić information content (AvgIpc) is 2.86.